The van der Waals surface area contributed by atoms with Gasteiger partial charge in [0.05, 0.1) is 5.92 Å². The summed E-state index contributed by atoms with van der Waals surface area (Å²) >= 11 is 0. The van der Waals surface area contributed by atoms with Gasteiger partial charge in [-0.3, -0.25) is 4.79 Å². The van der Waals surface area contributed by atoms with Crippen LogP contribution in [-0.4, -0.2) is 18.4 Å². The number of hydrogen-bond donors (Lipinski definition) is 0. The number of rotatable bonds is 4. The van der Waals surface area contributed by atoms with Gasteiger partial charge >= 0.3 is 5.97 Å². The van der Waals surface area contributed by atoms with Crippen LogP contribution in [0.15, 0.2) is 0 Å². The Morgan fingerprint density at radius 3 is 2.47 bits per heavy atom. The van der Waals surface area contributed by atoms with Crippen molar-refractivity contribution >= 4 is 12.3 Å². The van der Waals surface area contributed by atoms with E-state index in [1.807, 2.05) is 6.92 Å². The van der Waals surface area contributed by atoms with E-state index in [9.17, 15) is 9.59 Å². The van der Waals surface area contributed by atoms with Crippen LogP contribution >= 0.6 is 0 Å². The van der Waals surface area contributed by atoms with Crippen molar-refractivity contribution in [1.82, 2.24) is 0 Å². The molecule has 2 saturated carbocycles. The molecule has 0 aromatic carbocycles. The van der Waals surface area contributed by atoms with Crippen LogP contribution in [0, 0.1) is 35.5 Å². The Hall–Kier alpha value is -0.860. The molecule has 6 atom stereocenters. The molecular weight excluding hydrogens is 240 g/mol. The Morgan fingerprint density at radius 1 is 1.26 bits per heavy atom. The molecule has 0 radical (unpaired) electrons. The van der Waals surface area contributed by atoms with E-state index < -0.39 is 0 Å². The maximum Gasteiger partial charge on any atom is 0.310 e. The number of aldehydes is 1. The zero-order valence-corrected chi connectivity index (χ0v) is 12.5. The van der Waals surface area contributed by atoms with Crippen molar-refractivity contribution in [2.45, 2.75) is 53.1 Å². The summed E-state index contributed by atoms with van der Waals surface area (Å²) in [4.78, 5) is 22.9. The molecule has 2 aliphatic rings. The summed E-state index contributed by atoms with van der Waals surface area (Å²) in [7, 11) is 0. The first-order valence-corrected chi connectivity index (χ1v) is 7.61. The third-order valence-corrected chi connectivity index (χ3v) is 5.11. The van der Waals surface area contributed by atoms with E-state index in [-0.39, 0.29) is 29.8 Å². The third kappa shape index (κ3) is 3.01. The van der Waals surface area contributed by atoms with Gasteiger partial charge in [-0.05, 0) is 36.5 Å². The summed E-state index contributed by atoms with van der Waals surface area (Å²) < 4.78 is 5.76. The Labute approximate surface area is 116 Å². The third-order valence-electron chi connectivity index (χ3n) is 5.11. The first kappa shape index (κ1) is 14.5. The minimum absolute atomic E-state index is 0.0522. The summed E-state index contributed by atoms with van der Waals surface area (Å²) in [6, 6.07) is 0. The van der Waals surface area contributed by atoms with Crippen LogP contribution in [-0.2, 0) is 14.3 Å². The molecule has 0 N–H and O–H groups in total. The van der Waals surface area contributed by atoms with Gasteiger partial charge in [0.2, 0.25) is 0 Å². The molecule has 2 rings (SSSR count). The van der Waals surface area contributed by atoms with Crippen LogP contribution in [0.4, 0.5) is 0 Å². The second-order valence-corrected chi connectivity index (χ2v) is 6.90. The number of hydrogen-bond acceptors (Lipinski definition) is 3. The van der Waals surface area contributed by atoms with Crippen molar-refractivity contribution in [2.24, 2.45) is 35.5 Å². The molecule has 0 bridgehead atoms. The summed E-state index contributed by atoms with van der Waals surface area (Å²) in [6.07, 6.45) is 4.31. The van der Waals surface area contributed by atoms with Crippen LogP contribution in [0.5, 0.6) is 0 Å². The molecule has 0 unspecified atom stereocenters. The Morgan fingerprint density at radius 2 is 1.95 bits per heavy atom. The molecule has 2 aliphatic carbocycles. The Bertz CT molecular complexity index is 350. The zero-order valence-electron chi connectivity index (χ0n) is 12.5. The van der Waals surface area contributed by atoms with Gasteiger partial charge in [-0.25, -0.2) is 0 Å². The first-order valence-electron chi connectivity index (χ1n) is 7.61. The molecular formula is C16H26O3. The molecule has 2 fully saturated rings. The predicted octanol–water partition coefficient (Wildman–Crippen LogP) is 3.07. The highest BCUT2D eigenvalue weighted by Gasteiger charge is 2.53. The van der Waals surface area contributed by atoms with Gasteiger partial charge in [0.1, 0.15) is 12.4 Å². The molecule has 0 heterocycles. The monoisotopic (exact) mass is 266 g/mol. The van der Waals surface area contributed by atoms with Gasteiger partial charge in [-0.2, -0.15) is 0 Å². The summed E-state index contributed by atoms with van der Waals surface area (Å²) in [5.41, 5.74) is 0. The van der Waals surface area contributed by atoms with Crippen LogP contribution < -0.4 is 0 Å². The standard InChI is InChI=1S/C16H26O3/c1-9(2)12-6-5-10(3)7-14(12)19-16(18)15-11(4)13(15)8-17/h8-15H,5-7H2,1-4H3/t10-,11+,12+,13+,14-,15+/m1/s1. The lowest BCUT2D eigenvalue weighted by Gasteiger charge is -2.36. The van der Waals surface area contributed by atoms with E-state index in [4.69, 9.17) is 4.74 Å². The largest absolute Gasteiger partial charge is 0.462 e. The van der Waals surface area contributed by atoms with Crippen LogP contribution in [0.25, 0.3) is 0 Å². The van der Waals surface area contributed by atoms with Crippen molar-refractivity contribution in [3.63, 3.8) is 0 Å². The highest BCUT2D eigenvalue weighted by atomic mass is 16.5. The van der Waals surface area contributed by atoms with Crippen molar-refractivity contribution in [1.29, 1.82) is 0 Å². The Balaban J connectivity index is 1.95. The average Bonchev–Trinajstić information content (AvgIpc) is 2.99. The second kappa shape index (κ2) is 5.64. The van der Waals surface area contributed by atoms with Crippen molar-refractivity contribution in [2.75, 3.05) is 0 Å². The molecule has 108 valence electrons. The molecule has 0 aromatic rings. The lowest BCUT2D eigenvalue weighted by atomic mass is 9.75. The van der Waals surface area contributed by atoms with E-state index in [1.54, 1.807) is 0 Å². The van der Waals surface area contributed by atoms with E-state index in [2.05, 4.69) is 20.8 Å². The topological polar surface area (TPSA) is 43.4 Å². The van der Waals surface area contributed by atoms with E-state index in [0.717, 1.165) is 19.1 Å². The summed E-state index contributed by atoms with van der Waals surface area (Å²) in [6.45, 7) is 8.59. The molecule has 19 heavy (non-hydrogen) atoms. The number of esters is 1. The number of carbonyl (C=O) groups is 2. The van der Waals surface area contributed by atoms with Crippen molar-refractivity contribution < 1.29 is 14.3 Å². The molecule has 0 saturated heterocycles. The fraction of sp³-hybridized carbons (Fsp3) is 0.875. The van der Waals surface area contributed by atoms with E-state index >= 15 is 0 Å². The molecule has 0 amide bonds. The minimum Gasteiger partial charge on any atom is -0.462 e. The normalized spacial score (nSPS) is 41.9. The Kier molecular flexibility index (Phi) is 4.32. The lowest BCUT2D eigenvalue weighted by Crippen LogP contribution is -2.36. The predicted molar refractivity (Wildman–Crippen MR) is 73.4 cm³/mol. The van der Waals surface area contributed by atoms with Crippen LogP contribution in [0.1, 0.15) is 47.0 Å². The van der Waals surface area contributed by atoms with Gasteiger partial charge in [0, 0.05) is 5.92 Å². The SMILES string of the molecule is CC(C)[C@@H]1CC[C@@H](C)C[C@H]1OC(=O)[C@H]1[C@@H](C)[C@@H]1C=O. The van der Waals surface area contributed by atoms with Crippen molar-refractivity contribution in [3.05, 3.63) is 0 Å². The zero-order chi connectivity index (χ0) is 14.2. The fourth-order valence-electron chi connectivity index (χ4n) is 3.55. The highest BCUT2D eigenvalue weighted by Crippen LogP contribution is 2.46. The smallest absolute Gasteiger partial charge is 0.310 e. The minimum atomic E-state index is -0.178. The summed E-state index contributed by atoms with van der Waals surface area (Å²) in [5.74, 6) is 1.39. The maximum atomic E-state index is 12.1. The number of carbonyl (C=O) groups excluding carboxylic acids is 2. The van der Waals surface area contributed by atoms with Crippen LogP contribution in [0.2, 0.25) is 0 Å². The second-order valence-electron chi connectivity index (χ2n) is 6.90. The molecule has 0 aromatic heterocycles. The van der Waals surface area contributed by atoms with Gasteiger partial charge in [-0.15, -0.1) is 0 Å². The van der Waals surface area contributed by atoms with Crippen molar-refractivity contribution in [3.8, 4) is 0 Å². The quantitative estimate of drug-likeness (QED) is 0.580. The van der Waals surface area contributed by atoms with E-state index in [0.29, 0.717) is 17.8 Å². The lowest BCUT2D eigenvalue weighted by molar-refractivity contribution is -0.158. The highest BCUT2D eigenvalue weighted by molar-refractivity contribution is 5.82. The summed E-state index contributed by atoms with van der Waals surface area (Å²) in [5, 5.41) is 0. The fourth-order valence-corrected chi connectivity index (χ4v) is 3.55. The van der Waals surface area contributed by atoms with Gasteiger partial charge in [-0.1, -0.05) is 34.1 Å². The molecule has 0 spiro atoms. The van der Waals surface area contributed by atoms with Gasteiger partial charge < -0.3 is 9.53 Å². The molecule has 3 nitrogen and oxygen atoms in total. The van der Waals surface area contributed by atoms with Crippen LogP contribution in [0.3, 0.4) is 0 Å². The van der Waals surface area contributed by atoms with E-state index in [1.165, 1.54) is 6.42 Å². The molecule has 3 heteroatoms. The number of ether oxygens (including phenoxy) is 1. The molecule has 0 aliphatic heterocycles. The maximum absolute atomic E-state index is 12.1. The average molecular weight is 266 g/mol. The first-order chi connectivity index (χ1) is 8.95. The van der Waals surface area contributed by atoms with Gasteiger partial charge in [0.15, 0.2) is 0 Å². The van der Waals surface area contributed by atoms with Gasteiger partial charge in [0.25, 0.3) is 0 Å².